The number of aliphatic carboxylic acids is 1. The van der Waals surface area contributed by atoms with Crippen LogP contribution < -0.4 is 5.32 Å². The number of fused-ring (bicyclic) bond motifs is 1. The molecule has 1 aromatic carbocycles. The number of carboxylic acids is 1. The molecule has 0 spiro atoms. The molecule has 5 heteroatoms. The van der Waals surface area contributed by atoms with Crippen LogP contribution in [0.15, 0.2) is 24.3 Å². The van der Waals surface area contributed by atoms with E-state index in [-0.39, 0.29) is 17.2 Å². The zero-order chi connectivity index (χ0) is 16.2. The molecular formula is C18H23NO3S. The number of carboxylic acid groups (broad SMARTS) is 1. The topological polar surface area (TPSA) is 66.4 Å². The summed E-state index contributed by atoms with van der Waals surface area (Å²) in [6, 6.07) is 7.85. The van der Waals surface area contributed by atoms with E-state index in [2.05, 4.69) is 11.4 Å². The Hall–Kier alpha value is -1.49. The van der Waals surface area contributed by atoms with Crippen LogP contribution in [0, 0.1) is 5.92 Å². The normalized spacial score (nSPS) is 27.6. The Bertz CT molecular complexity index is 589. The predicted octanol–water partition coefficient (Wildman–Crippen LogP) is 3.17. The maximum absolute atomic E-state index is 12.8. The van der Waals surface area contributed by atoms with Crippen LogP contribution >= 0.6 is 11.8 Å². The van der Waals surface area contributed by atoms with Gasteiger partial charge in [0, 0.05) is 6.04 Å². The third-order valence-corrected chi connectivity index (χ3v) is 6.13. The molecule has 0 saturated heterocycles. The Morgan fingerprint density at radius 1 is 1.13 bits per heavy atom. The van der Waals surface area contributed by atoms with Gasteiger partial charge in [0.2, 0.25) is 5.91 Å². The highest BCUT2D eigenvalue weighted by Gasteiger charge is 2.34. The van der Waals surface area contributed by atoms with Crippen molar-refractivity contribution in [1.29, 1.82) is 0 Å². The van der Waals surface area contributed by atoms with Gasteiger partial charge in [0.15, 0.2) is 0 Å². The minimum atomic E-state index is -0.783. The maximum atomic E-state index is 12.8. The molecule has 124 valence electrons. The van der Waals surface area contributed by atoms with Gasteiger partial charge in [0.1, 0.15) is 5.25 Å². The summed E-state index contributed by atoms with van der Waals surface area (Å²) in [4.78, 5) is 24.3. The van der Waals surface area contributed by atoms with Gasteiger partial charge in [-0.05, 0) is 36.1 Å². The molecule has 0 radical (unpaired) electrons. The molecule has 0 aromatic heterocycles. The molecule has 3 atom stereocenters. The van der Waals surface area contributed by atoms with Crippen LogP contribution in [-0.2, 0) is 16.0 Å². The van der Waals surface area contributed by atoms with Crippen molar-refractivity contribution in [2.24, 2.45) is 5.92 Å². The first-order valence-corrected chi connectivity index (χ1v) is 9.44. The van der Waals surface area contributed by atoms with E-state index in [4.69, 9.17) is 0 Å². The van der Waals surface area contributed by atoms with Crippen molar-refractivity contribution in [3.63, 3.8) is 0 Å². The molecule has 1 aromatic rings. The van der Waals surface area contributed by atoms with Crippen molar-refractivity contribution >= 4 is 23.6 Å². The molecule has 1 fully saturated rings. The second kappa shape index (κ2) is 7.39. The van der Waals surface area contributed by atoms with Gasteiger partial charge < -0.3 is 10.4 Å². The molecule has 2 aliphatic rings. The van der Waals surface area contributed by atoms with E-state index in [9.17, 15) is 14.7 Å². The molecule has 1 aliphatic heterocycles. The zero-order valence-electron chi connectivity index (χ0n) is 13.2. The van der Waals surface area contributed by atoms with Crippen LogP contribution in [0.2, 0.25) is 0 Å². The van der Waals surface area contributed by atoms with Gasteiger partial charge in [-0.2, -0.15) is 0 Å². The summed E-state index contributed by atoms with van der Waals surface area (Å²) in [6.07, 6.45) is 5.40. The van der Waals surface area contributed by atoms with Gasteiger partial charge >= 0.3 is 5.97 Å². The molecule has 23 heavy (non-hydrogen) atoms. The number of carbonyl (C=O) groups is 2. The number of benzene rings is 1. The van der Waals surface area contributed by atoms with Crippen molar-refractivity contribution in [3.05, 3.63) is 35.4 Å². The van der Waals surface area contributed by atoms with Crippen molar-refractivity contribution in [2.75, 3.05) is 5.75 Å². The average molecular weight is 333 g/mol. The summed E-state index contributed by atoms with van der Waals surface area (Å²) in [5.41, 5.74) is 2.32. The number of hydrogen-bond donors (Lipinski definition) is 2. The van der Waals surface area contributed by atoms with Crippen LogP contribution in [0.25, 0.3) is 0 Å². The molecule has 1 aliphatic carbocycles. The third kappa shape index (κ3) is 3.71. The van der Waals surface area contributed by atoms with Crippen LogP contribution in [0.1, 0.15) is 48.5 Å². The van der Waals surface area contributed by atoms with Gasteiger partial charge in [0.05, 0.1) is 5.92 Å². The first-order valence-electron chi connectivity index (χ1n) is 8.39. The Labute approximate surface area is 141 Å². The van der Waals surface area contributed by atoms with E-state index in [1.54, 1.807) is 11.8 Å². The maximum Gasteiger partial charge on any atom is 0.308 e. The van der Waals surface area contributed by atoms with Crippen LogP contribution in [0.5, 0.6) is 0 Å². The van der Waals surface area contributed by atoms with E-state index in [1.807, 2.05) is 18.2 Å². The summed E-state index contributed by atoms with van der Waals surface area (Å²) >= 11 is 1.66. The lowest BCUT2D eigenvalue weighted by atomic mass is 9.94. The fourth-order valence-corrected chi connectivity index (χ4v) is 4.85. The zero-order valence-corrected chi connectivity index (χ0v) is 14.0. The first kappa shape index (κ1) is 16.4. The van der Waals surface area contributed by atoms with Crippen molar-refractivity contribution < 1.29 is 14.7 Å². The quantitative estimate of drug-likeness (QED) is 0.834. The van der Waals surface area contributed by atoms with Gasteiger partial charge in [-0.3, -0.25) is 9.59 Å². The van der Waals surface area contributed by atoms with Gasteiger partial charge in [-0.25, -0.2) is 0 Å². The Balaban J connectivity index is 1.74. The number of nitrogens with one attached hydrogen (secondary N) is 1. The smallest absolute Gasteiger partial charge is 0.308 e. The van der Waals surface area contributed by atoms with E-state index in [0.717, 1.165) is 43.4 Å². The first-order chi connectivity index (χ1) is 11.2. The molecule has 3 rings (SSSR count). The molecular weight excluding hydrogens is 310 g/mol. The van der Waals surface area contributed by atoms with E-state index < -0.39 is 11.9 Å². The highest BCUT2D eigenvalue weighted by molar-refractivity contribution is 8.00. The predicted molar refractivity (Wildman–Crippen MR) is 91.5 cm³/mol. The second-order valence-corrected chi connectivity index (χ2v) is 7.61. The van der Waals surface area contributed by atoms with Crippen LogP contribution in [0.4, 0.5) is 0 Å². The summed E-state index contributed by atoms with van der Waals surface area (Å²) in [7, 11) is 0. The number of aryl methyl sites for hydroxylation is 1. The highest BCUT2D eigenvalue weighted by Crippen LogP contribution is 2.37. The fourth-order valence-electron chi connectivity index (χ4n) is 3.65. The lowest BCUT2D eigenvalue weighted by molar-refractivity contribution is -0.143. The third-order valence-electron chi connectivity index (χ3n) is 4.89. The highest BCUT2D eigenvalue weighted by atomic mass is 32.2. The lowest BCUT2D eigenvalue weighted by Crippen LogP contribution is -2.44. The molecule has 0 bridgehead atoms. The number of thioether (sulfide) groups is 1. The standard InChI is InChI=1S/C18H23NO3S/c20-17(16-13-7-5-4-6-12(13)10-11-23-16)19-15-9-3-1-2-8-14(15)18(21)22/h4-7,14-16H,1-3,8-11H2,(H,19,20)(H,21,22)/t14-,15+,16?/m1/s1. The van der Waals surface area contributed by atoms with Gasteiger partial charge in [-0.15, -0.1) is 11.8 Å². The Morgan fingerprint density at radius 3 is 2.74 bits per heavy atom. The number of hydrogen-bond acceptors (Lipinski definition) is 3. The van der Waals surface area contributed by atoms with Crippen molar-refractivity contribution in [2.45, 2.75) is 49.8 Å². The molecule has 4 nitrogen and oxygen atoms in total. The summed E-state index contributed by atoms with van der Waals surface area (Å²) in [6.45, 7) is 0. The van der Waals surface area contributed by atoms with E-state index >= 15 is 0 Å². The fraction of sp³-hybridized carbons (Fsp3) is 0.556. The monoisotopic (exact) mass is 333 g/mol. The minimum absolute atomic E-state index is 0.0275. The average Bonchev–Trinajstić information content (AvgIpc) is 2.79. The summed E-state index contributed by atoms with van der Waals surface area (Å²) in [5, 5.41) is 12.3. The summed E-state index contributed by atoms with van der Waals surface area (Å²) in [5.74, 6) is -0.332. The largest absolute Gasteiger partial charge is 0.481 e. The molecule has 1 saturated carbocycles. The molecule has 1 unspecified atom stereocenters. The van der Waals surface area contributed by atoms with Crippen LogP contribution in [0.3, 0.4) is 0 Å². The number of carbonyl (C=O) groups excluding carboxylic acids is 1. The van der Waals surface area contributed by atoms with E-state index in [0.29, 0.717) is 6.42 Å². The lowest BCUT2D eigenvalue weighted by Gasteiger charge is -2.28. The Morgan fingerprint density at radius 2 is 1.91 bits per heavy atom. The molecule has 1 amide bonds. The van der Waals surface area contributed by atoms with Gasteiger partial charge in [-0.1, -0.05) is 43.5 Å². The van der Waals surface area contributed by atoms with E-state index in [1.165, 1.54) is 5.56 Å². The van der Waals surface area contributed by atoms with Gasteiger partial charge in [0.25, 0.3) is 0 Å². The minimum Gasteiger partial charge on any atom is -0.481 e. The van der Waals surface area contributed by atoms with Crippen LogP contribution in [-0.4, -0.2) is 28.8 Å². The van der Waals surface area contributed by atoms with Crippen molar-refractivity contribution in [1.82, 2.24) is 5.32 Å². The van der Waals surface area contributed by atoms with Crippen molar-refractivity contribution in [3.8, 4) is 0 Å². The SMILES string of the molecule is O=C(N[C@H]1CCCCC[C@H]1C(=O)O)C1SCCc2ccccc21. The summed E-state index contributed by atoms with van der Waals surface area (Å²) < 4.78 is 0. The number of rotatable bonds is 3. The Kier molecular flexibility index (Phi) is 5.26. The second-order valence-electron chi connectivity index (χ2n) is 6.40. The molecule has 2 N–H and O–H groups in total. The number of amides is 1. The molecule has 1 heterocycles.